The zero-order valence-electron chi connectivity index (χ0n) is 19.2. The normalized spacial score (nSPS) is 25.6. The fourth-order valence-corrected chi connectivity index (χ4v) is 5.39. The third-order valence-electron chi connectivity index (χ3n) is 7.44. The van der Waals surface area contributed by atoms with E-state index in [9.17, 15) is 14.3 Å². The number of phenols is 1. The number of pyridine rings is 1. The topological polar surface area (TPSA) is 96.2 Å². The Morgan fingerprint density at radius 3 is 2.63 bits per heavy atom. The lowest BCUT2D eigenvalue weighted by Gasteiger charge is -2.40. The van der Waals surface area contributed by atoms with Gasteiger partial charge in [-0.2, -0.15) is 4.39 Å². The third kappa shape index (κ3) is 3.95. The largest absolute Gasteiger partial charge is 0.507 e. The fourth-order valence-electron chi connectivity index (χ4n) is 5.39. The zero-order valence-corrected chi connectivity index (χ0v) is 19.2. The molecule has 4 heterocycles. The summed E-state index contributed by atoms with van der Waals surface area (Å²) in [4.78, 5) is 18.5. The van der Waals surface area contributed by atoms with Gasteiger partial charge in [0.1, 0.15) is 17.6 Å². The molecule has 3 aliphatic rings. The second-order valence-corrected chi connectivity index (χ2v) is 9.77. The molecule has 10 heteroatoms. The van der Waals surface area contributed by atoms with Crippen LogP contribution in [0.4, 0.5) is 14.7 Å². The SMILES string of the molecule is Cn1c(F)cc(-c2ccc(-c3cnc(N(C4CC4)[C@H]4C[C@@H]5CC[C@H](N5)[C@H]4F)nn3)c(O)c2)cc1=O. The van der Waals surface area contributed by atoms with Crippen molar-refractivity contribution in [1.29, 1.82) is 0 Å². The van der Waals surface area contributed by atoms with E-state index in [-0.39, 0.29) is 23.9 Å². The molecule has 0 radical (unpaired) electrons. The van der Waals surface area contributed by atoms with Crippen molar-refractivity contribution < 1.29 is 13.9 Å². The minimum absolute atomic E-state index is 0.0924. The number of benzene rings is 1. The third-order valence-corrected chi connectivity index (χ3v) is 7.44. The van der Waals surface area contributed by atoms with Crippen molar-refractivity contribution >= 4 is 5.95 Å². The molecule has 2 N–H and O–H groups in total. The maximum Gasteiger partial charge on any atom is 0.253 e. The highest BCUT2D eigenvalue weighted by Crippen LogP contribution is 2.39. The summed E-state index contributed by atoms with van der Waals surface area (Å²) >= 11 is 0. The molecule has 0 spiro atoms. The first-order valence-corrected chi connectivity index (χ1v) is 12.0. The van der Waals surface area contributed by atoms with E-state index in [1.807, 2.05) is 4.90 Å². The lowest BCUT2D eigenvalue weighted by molar-refractivity contribution is 0.171. The standard InChI is InChI=1S/C25H26F2N6O2/c1-32-22(26)9-14(10-23(32)35)13-2-6-17(21(34)8-13)19-12-28-25(31-30-19)33(16-4-5-16)20-11-15-3-7-18(29-15)24(20)27/h2,6,8-10,12,15-16,18,20,24,29,34H,3-5,7,11H2,1H3/t15-,18-,20-,24+/m0/s1. The number of nitrogens with zero attached hydrogens (tertiary/aromatic N) is 5. The van der Waals surface area contributed by atoms with E-state index in [2.05, 4.69) is 20.5 Å². The van der Waals surface area contributed by atoms with Crippen molar-refractivity contribution in [1.82, 2.24) is 25.1 Å². The van der Waals surface area contributed by atoms with Gasteiger partial charge in [0, 0.05) is 36.8 Å². The molecule has 182 valence electrons. The van der Waals surface area contributed by atoms with Crippen LogP contribution in [0.25, 0.3) is 22.4 Å². The summed E-state index contributed by atoms with van der Waals surface area (Å²) in [6.07, 6.45) is 5.12. The van der Waals surface area contributed by atoms with Gasteiger partial charge in [0.25, 0.3) is 5.56 Å². The molecule has 1 aliphatic carbocycles. The van der Waals surface area contributed by atoms with Crippen LogP contribution in [0.2, 0.25) is 0 Å². The van der Waals surface area contributed by atoms with Crippen molar-refractivity contribution in [3.63, 3.8) is 0 Å². The van der Waals surface area contributed by atoms with Crippen LogP contribution in [0.5, 0.6) is 5.75 Å². The molecule has 0 unspecified atom stereocenters. The summed E-state index contributed by atoms with van der Waals surface area (Å²) in [5.41, 5.74) is 1.15. The Morgan fingerprint density at radius 1 is 1.11 bits per heavy atom. The van der Waals surface area contributed by atoms with Gasteiger partial charge in [-0.3, -0.25) is 9.36 Å². The predicted molar refractivity (Wildman–Crippen MR) is 126 cm³/mol. The Hall–Kier alpha value is -3.40. The molecule has 6 rings (SSSR count). The van der Waals surface area contributed by atoms with Gasteiger partial charge in [-0.15, -0.1) is 10.2 Å². The molecule has 3 aromatic rings. The van der Waals surface area contributed by atoms with Gasteiger partial charge in [-0.25, -0.2) is 9.37 Å². The van der Waals surface area contributed by atoms with Crippen LogP contribution >= 0.6 is 0 Å². The number of hydrogen-bond donors (Lipinski definition) is 2. The van der Waals surface area contributed by atoms with Gasteiger partial charge in [-0.05, 0) is 61.4 Å². The Morgan fingerprint density at radius 2 is 1.94 bits per heavy atom. The molecule has 0 amide bonds. The van der Waals surface area contributed by atoms with Crippen molar-refractivity contribution in [2.75, 3.05) is 4.90 Å². The maximum absolute atomic E-state index is 15.3. The van der Waals surface area contributed by atoms with Gasteiger partial charge in [0.2, 0.25) is 5.95 Å². The number of hydrogen-bond acceptors (Lipinski definition) is 7. The summed E-state index contributed by atoms with van der Waals surface area (Å²) in [5, 5.41) is 22.6. The van der Waals surface area contributed by atoms with E-state index >= 15 is 4.39 Å². The molecule has 4 atom stereocenters. The summed E-state index contributed by atoms with van der Waals surface area (Å²) in [6.45, 7) is 0. The molecule has 2 aliphatic heterocycles. The first-order valence-electron chi connectivity index (χ1n) is 12.0. The first kappa shape index (κ1) is 22.1. The molecular weight excluding hydrogens is 454 g/mol. The molecule has 8 nitrogen and oxygen atoms in total. The lowest BCUT2D eigenvalue weighted by Crippen LogP contribution is -2.57. The Kier molecular flexibility index (Phi) is 5.28. The van der Waals surface area contributed by atoms with Crippen molar-refractivity contribution in [3.05, 3.63) is 52.8 Å². The summed E-state index contributed by atoms with van der Waals surface area (Å²) in [7, 11) is 1.35. The van der Waals surface area contributed by atoms with Crippen LogP contribution in [0.3, 0.4) is 0 Å². The Balaban J connectivity index is 1.27. The number of aromatic nitrogens is 4. The van der Waals surface area contributed by atoms with Gasteiger partial charge < -0.3 is 15.3 Å². The van der Waals surface area contributed by atoms with Crippen LogP contribution in [0.15, 0.2) is 41.3 Å². The van der Waals surface area contributed by atoms with Crippen LogP contribution in [0, 0.1) is 5.95 Å². The average molecular weight is 481 g/mol. The summed E-state index contributed by atoms with van der Waals surface area (Å²) < 4.78 is 30.1. The zero-order chi connectivity index (χ0) is 24.3. The highest BCUT2D eigenvalue weighted by molar-refractivity contribution is 5.73. The second-order valence-electron chi connectivity index (χ2n) is 9.77. The summed E-state index contributed by atoms with van der Waals surface area (Å²) in [5.74, 6) is -0.346. The average Bonchev–Trinajstić information content (AvgIpc) is 3.60. The number of rotatable bonds is 5. The lowest BCUT2D eigenvalue weighted by atomic mass is 9.96. The number of halogens is 2. The number of alkyl halides is 1. The molecule has 1 aromatic carbocycles. The van der Waals surface area contributed by atoms with Gasteiger partial charge in [-0.1, -0.05) is 6.07 Å². The van der Waals surface area contributed by atoms with Gasteiger partial charge in [0.15, 0.2) is 5.95 Å². The van der Waals surface area contributed by atoms with Crippen LogP contribution in [0.1, 0.15) is 32.1 Å². The number of piperidine rings is 1. The van der Waals surface area contributed by atoms with E-state index in [4.69, 9.17) is 0 Å². The van der Waals surface area contributed by atoms with E-state index in [0.717, 1.165) is 36.7 Å². The van der Waals surface area contributed by atoms with E-state index in [0.29, 0.717) is 34.4 Å². The quantitative estimate of drug-likeness (QED) is 0.542. The molecule has 3 fully saturated rings. The highest BCUT2D eigenvalue weighted by atomic mass is 19.1. The Labute approximate surface area is 200 Å². The molecule has 1 saturated carbocycles. The van der Waals surface area contributed by atoms with Crippen molar-refractivity contribution in [2.45, 2.75) is 62.4 Å². The minimum atomic E-state index is -0.978. The number of anilines is 1. The number of nitrogens with one attached hydrogen (secondary N) is 1. The fraction of sp³-hybridized carbons (Fsp3) is 0.440. The van der Waals surface area contributed by atoms with Gasteiger partial charge in [0.05, 0.1) is 12.2 Å². The summed E-state index contributed by atoms with van der Waals surface area (Å²) in [6, 6.07) is 7.50. The maximum atomic E-state index is 15.3. The molecule has 2 bridgehead atoms. The molecular formula is C25H26F2N6O2. The van der Waals surface area contributed by atoms with E-state index in [1.165, 1.54) is 31.4 Å². The Bertz CT molecular complexity index is 1330. The molecule has 2 aromatic heterocycles. The van der Waals surface area contributed by atoms with Crippen LogP contribution < -0.4 is 15.8 Å². The van der Waals surface area contributed by atoms with Gasteiger partial charge >= 0.3 is 0 Å². The van der Waals surface area contributed by atoms with Crippen molar-refractivity contribution in [2.24, 2.45) is 7.05 Å². The minimum Gasteiger partial charge on any atom is -0.507 e. The first-order chi connectivity index (χ1) is 16.9. The smallest absolute Gasteiger partial charge is 0.253 e. The van der Waals surface area contributed by atoms with Crippen molar-refractivity contribution in [3.8, 4) is 28.1 Å². The predicted octanol–water partition coefficient (Wildman–Crippen LogP) is 2.95. The highest BCUT2D eigenvalue weighted by Gasteiger charge is 2.48. The van der Waals surface area contributed by atoms with E-state index < -0.39 is 17.7 Å². The number of aromatic hydroxyl groups is 1. The monoisotopic (exact) mass is 480 g/mol. The second kappa shape index (κ2) is 8.37. The molecule has 35 heavy (non-hydrogen) atoms. The van der Waals surface area contributed by atoms with Crippen LogP contribution in [-0.4, -0.2) is 55.2 Å². The molecule has 2 saturated heterocycles. The number of phenolic OH excluding ortho intramolecular Hbond substituents is 1. The van der Waals surface area contributed by atoms with Crippen LogP contribution in [-0.2, 0) is 7.05 Å². The van der Waals surface area contributed by atoms with E-state index in [1.54, 1.807) is 12.1 Å². The number of fused-ring (bicyclic) bond motifs is 2.